The van der Waals surface area contributed by atoms with Crippen molar-refractivity contribution in [3.8, 4) is 5.75 Å². The van der Waals surface area contributed by atoms with E-state index >= 15 is 0 Å². The SMILES string of the molecule is Cc1ncc(CO)c(C=N[C@@H](C[Se])C(=O)O)c1O. The summed E-state index contributed by atoms with van der Waals surface area (Å²) in [6.45, 7) is 1.30. The number of hydrogen-bond donors (Lipinski definition) is 3. The first-order chi connectivity index (χ1) is 8.51. The Morgan fingerprint density at radius 2 is 2.33 bits per heavy atom. The fraction of sp³-hybridized carbons (Fsp3) is 0.364. The number of aryl methyl sites for hydroxylation is 1. The van der Waals surface area contributed by atoms with Crippen LogP contribution < -0.4 is 0 Å². The van der Waals surface area contributed by atoms with Crippen molar-refractivity contribution in [3.05, 3.63) is 23.0 Å². The van der Waals surface area contributed by atoms with E-state index in [1.807, 2.05) is 0 Å². The van der Waals surface area contributed by atoms with Crippen LogP contribution in [-0.2, 0) is 11.4 Å². The second-order valence-electron chi connectivity index (χ2n) is 3.59. The zero-order valence-electron chi connectivity index (χ0n) is 9.70. The number of nitrogens with zero attached hydrogens (tertiary/aromatic N) is 2. The number of carboxylic acids is 1. The van der Waals surface area contributed by atoms with Crippen LogP contribution in [0.5, 0.6) is 5.75 Å². The van der Waals surface area contributed by atoms with Crippen LogP contribution in [0.4, 0.5) is 0 Å². The maximum atomic E-state index is 10.8. The van der Waals surface area contributed by atoms with Crippen molar-refractivity contribution in [3.63, 3.8) is 0 Å². The van der Waals surface area contributed by atoms with Gasteiger partial charge in [0.05, 0.1) is 0 Å². The number of pyridine rings is 1. The van der Waals surface area contributed by atoms with Gasteiger partial charge >= 0.3 is 112 Å². The molecular formula is C11H13N2O4Se. The third-order valence-corrected chi connectivity index (χ3v) is 3.02. The summed E-state index contributed by atoms with van der Waals surface area (Å²) in [6, 6.07) is -0.913. The number of aliphatic imine (C=N–C) groups is 1. The van der Waals surface area contributed by atoms with Crippen molar-refractivity contribution in [2.24, 2.45) is 4.99 Å². The number of aliphatic carboxylic acids is 1. The van der Waals surface area contributed by atoms with Gasteiger partial charge in [-0.1, -0.05) is 0 Å². The molecule has 1 radical (unpaired) electrons. The number of hydrogen-bond acceptors (Lipinski definition) is 5. The van der Waals surface area contributed by atoms with Crippen molar-refractivity contribution in [2.45, 2.75) is 24.9 Å². The summed E-state index contributed by atoms with van der Waals surface area (Å²) in [6.07, 6.45) is 2.68. The summed E-state index contributed by atoms with van der Waals surface area (Å²) in [7, 11) is 0. The van der Waals surface area contributed by atoms with Crippen molar-refractivity contribution >= 4 is 28.2 Å². The molecule has 0 unspecified atom stereocenters. The molecule has 1 aromatic rings. The molecule has 0 aliphatic heterocycles. The van der Waals surface area contributed by atoms with Crippen molar-refractivity contribution in [1.29, 1.82) is 0 Å². The van der Waals surface area contributed by atoms with Crippen LogP contribution in [0.2, 0.25) is 5.32 Å². The molecule has 0 saturated carbocycles. The van der Waals surface area contributed by atoms with Gasteiger partial charge < -0.3 is 0 Å². The quantitative estimate of drug-likeness (QED) is 0.526. The van der Waals surface area contributed by atoms with Crippen LogP contribution in [0.3, 0.4) is 0 Å². The van der Waals surface area contributed by atoms with Crippen molar-refractivity contribution in [2.75, 3.05) is 0 Å². The minimum atomic E-state index is -1.05. The molecule has 0 bridgehead atoms. The average molecular weight is 316 g/mol. The van der Waals surface area contributed by atoms with Gasteiger partial charge in [-0.15, -0.1) is 0 Å². The molecule has 0 aliphatic carbocycles. The van der Waals surface area contributed by atoms with Crippen LogP contribution >= 0.6 is 0 Å². The van der Waals surface area contributed by atoms with E-state index in [1.165, 1.54) is 12.4 Å². The molecule has 0 aromatic carbocycles. The molecule has 0 amide bonds. The molecule has 0 aliphatic rings. The summed E-state index contributed by atoms with van der Waals surface area (Å²) in [5.41, 5.74) is 1.08. The fourth-order valence-corrected chi connectivity index (χ4v) is 1.74. The van der Waals surface area contributed by atoms with Crippen LogP contribution in [-0.4, -0.2) is 54.5 Å². The molecule has 97 valence electrons. The van der Waals surface area contributed by atoms with Crippen LogP contribution in [0, 0.1) is 6.92 Å². The van der Waals surface area contributed by atoms with Crippen LogP contribution in [0.1, 0.15) is 16.8 Å². The standard InChI is InChI=1S/C11H13N2O4Se/c1-6-10(15)8(7(4-14)2-12-6)3-13-9(5-18)11(16)17/h2-3,9,14-15H,4-5H2,1H3,(H,16,17)/t9-/m0/s1. The maximum absolute atomic E-state index is 10.8. The minimum absolute atomic E-state index is 0.102. The number of aliphatic hydroxyl groups excluding tert-OH is 1. The third-order valence-electron chi connectivity index (χ3n) is 2.35. The second kappa shape index (κ2) is 6.49. The topological polar surface area (TPSA) is 103 Å². The molecule has 3 N–H and O–H groups in total. The molecule has 0 spiro atoms. The third kappa shape index (κ3) is 3.29. The van der Waals surface area contributed by atoms with E-state index in [4.69, 9.17) is 10.2 Å². The molecule has 0 fully saturated rings. The fourth-order valence-electron chi connectivity index (χ4n) is 1.27. The van der Waals surface area contributed by atoms with Crippen molar-refractivity contribution < 1.29 is 20.1 Å². The summed E-state index contributed by atoms with van der Waals surface area (Å²) in [5, 5.41) is 28.0. The number of rotatable bonds is 5. The number of aliphatic hydroxyl groups is 1. The zero-order valence-corrected chi connectivity index (χ0v) is 11.4. The first kappa shape index (κ1) is 14.6. The van der Waals surface area contributed by atoms with Gasteiger partial charge in [0.25, 0.3) is 0 Å². The summed E-state index contributed by atoms with van der Waals surface area (Å²) >= 11 is 2.60. The molecular weight excluding hydrogens is 303 g/mol. The Hall–Kier alpha value is -1.43. The number of aromatic nitrogens is 1. The van der Waals surface area contributed by atoms with Gasteiger partial charge in [0.2, 0.25) is 0 Å². The molecule has 6 nitrogen and oxygen atoms in total. The van der Waals surface area contributed by atoms with E-state index in [9.17, 15) is 9.90 Å². The molecule has 1 atom stereocenters. The van der Waals surface area contributed by atoms with E-state index in [1.54, 1.807) is 6.92 Å². The zero-order chi connectivity index (χ0) is 13.7. The number of carbonyl (C=O) groups is 1. The predicted octanol–water partition coefficient (Wildman–Crippen LogP) is 0.0468. The Bertz CT molecular complexity index is 476. The first-order valence-corrected chi connectivity index (χ1v) is 6.34. The molecule has 18 heavy (non-hydrogen) atoms. The number of carboxylic acid groups (broad SMARTS) is 1. The Balaban J connectivity index is 3.13. The van der Waals surface area contributed by atoms with E-state index in [0.717, 1.165) is 0 Å². The second-order valence-corrected chi connectivity index (χ2v) is 4.29. The van der Waals surface area contributed by atoms with Crippen LogP contribution in [0.15, 0.2) is 11.2 Å². The predicted molar refractivity (Wildman–Crippen MR) is 66.1 cm³/mol. The van der Waals surface area contributed by atoms with Gasteiger partial charge in [-0.2, -0.15) is 0 Å². The monoisotopic (exact) mass is 317 g/mol. The average Bonchev–Trinajstić information content (AvgIpc) is 2.34. The van der Waals surface area contributed by atoms with Gasteiger partial charge in [0, 0.05) is 0 Å². The van der Waals surface area contributed by atoms with E-state index in [0.29, 0.717) is 16.8 Å². The van der Waals surface area contributed by atoms with Crippen LogP contribution in [0.25, 0.3) is 0 Å². The Morgan fingerprint density at radius 1 is 1.67 bits per heavy atom. The van der Waals surface area contributed by atoms with Crippen molar-refractivity contribution in [1.82, 2.24) is 4.98 Å². The van der Waals surface area contributed by atoms with E-state index in [-0.39, 0.29) is 17.7 Å². The summed E-state index contributed by atoms with van der Waals surface area (Å²) in [5.74, 6) is -1.16. The van der Waals surface area contributed by atoms with E-state index in [2.05, 4.69) is 26.0 Å². The number of aromatic hydroxyl groups is 1. The summed E-state index contributed by atoms with van der Waals surface area (Å²) in [4.78, 5) is 18.6. The molecule has 1 rings (SSSR count). The van der Waals surface area contributed by atoms with E-state index < -0.39 is 12.0 Å². The normalized spacial score (nSPS) is 12.8. The summed E-state index contributed by atoms with van der Waals surface area (Å²) < 4.78 is 0. The molecule has 1 aromatic heterocycles. The molecule has 7 heteroatoms. The first-order valence-electron chi connectivity index (χ1n) is 5.13. The molecule has 1 heterocycles. The molecule has 0 saturated heterocycles. The van der Waals surface area contributed by atoms with Gasteiger partial charge in [-0.05, 0) is 0 Å². The van der Waals surface area contributed by atoms with Gasteiger partial charge in [-0.25, -0.2) is 0 Å². The van der Waals surface area contributed by atoms with Gasteiger partial charge in [0.1, 0.15) is 0 Å². The Labute approximate surface area is 112 Å². The van der Waals surface area contributed by atoms with Gasteiger partial charge in [0.15, 0.2) is 0 Å². The Morgan fingerprint density at radius 3 is 2.83 bits per heavy atom. The Kier molecular flexibility index (Phi) is 5.27. The van der Waals surface area contributed by atoms with Gasteiger partial charge in [-0.3, -0.25) is 0 Å².